The van der Waals surface area contributed by atoms with Crippen LogP contribution >= 0.6 is 0 Å². The molecule has 1 aliphatic heterocycles. The van der Waals surface area contributed by atoms with Gasteiger partial charge in [-0.1, -0.05) is 23.8 Å². The number of hydrogen-bond acceptors (Lipinski definition) is 4. The Morgan fingerprint density at radius 2 is 1.71 bits per heavy atom. The molecule has 3 rings (SSSR count). The van der Waals surface area contributed by atoms with Crippen LogP contribution in [0.3, 0.4) is 0 Å². The summed E-state index contributed by atoms with van der Waals surface area (Å²) < 4.78 is 10.7. The van der Waals surface area contributed by atoms with E-state index in [4.69, 9.17) is 9.47 Å². The SMILES string of the molecule is CCN(CC)C(=O)C(=Cc1ccc2c(c1)OCO2)NC(=O)c1ccc(C)cc1. The number of benzene rings is 2. The topological polar surface area (TPSA) is 67.9 Å². The molecule has 0 unspecified atom stereocenters. The first kappa shape index (κ1) is 19.5. The number of carbonyl (C=O) groups excluding carboxylic acids is 2. The number of ether oxygens (including phenoxy) is 2. The molecule has 0 bridgehead atoms. The van der Waals surface area contributed by atoms with Gasteiger partial charge in [0.25, 0.3) is 11.8 Å². The van der Waals surface area contributed by atoms with E-state index in [0.717, 1.165) is 11.1 Å². The average molecular weight is 380 g/mol. The fraction of sp³-hybridized carbons (Fsp3) is 0.273. The van der Waals surface area contributed by atoms with E-state index < -0.39 is 0 Å². The third-order valence-corrected chi connectivity index (χ3v) is 4.55. The van der Waals surface area contributed by atoms with Crippen molar-refractivity contribution in [3.8, 4) is 11.5 Å². The van der Waals surface area contributed by atoms with Gasteiger partial charge >= 0.3 is 0 Å². The molecule has 146 valence electrons. The molecule has 1 heterocycles. The standard InChI is InChI=1S/C22H24N2O4/c1-4-24(5-2)22(26)18(23-21(25)17-9-6-15(3)7-10-17)12-16-8-11-19-20(13-16)28-14-27-19/h6-13H,4-5,14H2,1-3H3,(H,23,25). The number of rotatable bonds is 6. The van der Waals surface area contributed by atoms with Crippen LogP contribution in [0.25, 0.3) is 6.08 Å². The molecule has 0 atom stereocenters. The molecule has 0 aromatic heterocycles. The quantitative estimate of drug-likeness (QED) is 0.781. The van der Waals surface area contributed by atoms with Crippen LogP contribution in [-0.2, 0) is 4.79 Å². The molecule has 6 nitrogen and oxygen atoms in total. The van der Waals surface area contributed by atoms with Crippen molar-refractivity contribution in [1.29, 1.82) is 0 Å². The first-order valence-corrected chi connectivity index (χ1v) is 9.30. The van der Waals surface area contributed by atoms with Gasteiger partial charge < -0.3 is 19.7 Å². The van der Waals surface area contributed by atoms with Crippen molar-refractivity contribution in [1.82, 2.24) is 10.2 Å². The van der Waals surface area contributed by atoms with E-state index in [-0.39, 0.29) is 24.3 Å². The lowest BCUT2D eigenvalue weighted by atomic mass is 10.1. The second-order valence-corrected chi connectivity index (χ2v) is 6.47. The van der Waals surface area contributed by atoms with Crippen molar-refractivity contribution in [3.05, 3.63) is 64.9 Å². The number of carbonyl (C=O) groups is 2. The van der Waals surface area contributed by atoms with Gasteiger partial charge in [0.15, 0.2) is 11.5 Å². The number of amides is 2. The minimum atomic E-state index is -0.326. The molecule has 0 saturated carbocycles. The molecule has 28 heavy (non-hydrogen) atoms. The Morgan fingerprint density at radius 3 is 2.39 bits per heavy atom. The van der Waals surface area contributed by atoms with Crippen molar-refractivity contribution >= 4 is 17.9 Å². The number of fused-ring (bicyclic) bond motifs is 1. The first-order valence-electron chi connectivity index (χ1n) is 9.30. The summed E-state index contributed by atoms with van der Waals surface area (Å²) in [5.74, 6) is 0.723. The van der Waals surface area contributed by atoms with Crippen LogP contribution in [0.2, 0.25) is 0 Å². The monoisotopic (exact) mass is 380 g/mol. The number of nitrogens with zero attached hydrogens (tertiary/aromatic N) is 1. The molecule has 2 aromatic rings. The van der Waals surface area contributed by atoms with Crippen molar-refractivity contribution in [3.63, 3.8) is 0 Å². The zero-order valence-corrected chi connectivity index (χ0v) is 16.3. The Morgan fingerprint density at radius 1 is 1.04 bits per heavy atom. The van der Waals surface area contributed by atoms with Gasteiger partial charge in [0, 0.05) is 18.7 Å². The summed E-state index contributed by atoms with van der Waals surface area (Å²) in [6, 6.07) is 12.6. The smallest absolute Gasteiger partial charge is 0.270 e. The predicted molar refractivity (Wildman–Crippen MR) is 107 cm³/mol. The Kier molecular flexibility index (Phi) is 5.99. The Hall–Kier alpha value is -3.28. The molecule has 2 aromatic carbocycles. The van der Waals surface area contributed by atoms with E-state index in [2.05, 4.69) is 5.32 Å². The van der Waals surface area contributed by atoms with Gasteiger partial charge in [-0.05, 0) is 56.7 Å². The lowest BCUT2D eigenvalue weighted by Crippen LogP contribution is -2.38. The predicted octanol–water partition coefficient (Wildman–Crippen LogP) is 3.36. The molecule has 0 radical (unpaired) electrons. The number of hydrogen-bond donors (Lipinski definition) is 1. The Bertz CT molecular complexity index is 899. The highest BCUT2D eigenvalue weighted by Crippen LogP contribution is 2.33. The van der Waals surface area contributed by atoms with Crippen molar-refractivity contribution in [2.75, 3.05) is 19.9 Å². The maximum Gasteiger partial charge on any atom is 0.270 e. The fourth-order valence-electron chi connectivity index (χ4n) is 2.90. The number of nitrogens with one attached hydrogen (secondary N) is 1. The van der Waals surface area contributed by atoms with E-state index in [0.29, 0.717) is 30.2 Å². The van der Waals surface area contributed by atoms with Crippen LogP contribution in [0.4, 0.5) is 0 Å². The molecule has 6 heteroatoms. The van der Waals surface area contributed by atoms with E-state index in [1.165, 1.54) is 0 Å². The molecule has 0 saturated heterocycles. The van der Waals surface area contributed by atoms with E-state index >= 15 is 0 Å². The summed E-state index contributed by atoms with van der Waals surface area (Å²) in [6.45, 7) is 7.04. The third-order valence-electron chi connectivity index (χ3n) is 4.55. The summed E-state index contributed by atoms with van der Waals surface area (Å²) >= 11 is 0. The molecular formula is C22H24N2O4. The van der Waals surface area contributed by atoms with Gasteiger partial charge in [-0.2, -0.15) is 0 Å². The highest BCUT2D eigenvalue weighted by atomic mass is 16.7. The van der Waals surface area contributed by atoms with E-state index in [9.17, 15) is 9.59 Å². The molecule has 0 fully saturated rings. The zero-order chi connectivity index (χ0) is 20.1. The summed E-state index contributed by atoms with van der Waals surface area (Å²) in [5.41, 5.74) is 2.51. The van der Waals surface area contributed by atoms with E-state index in [1.807, 2.05) is 39.0 Å². The number of aryl methyl sites for hydroxylation is 1. The maximum atomic E-state index is 13.0. The molecule has 2 amide bonds. The summed E-state index contributed by atoms with van der Waals surface area (Å²) in [7, 11) is 0. The van der Waals surface area contributed by atoms with Crippen LogP contribution < -0.4 is 14.8 Å². The zero-order valence-electron chi connectivity index (χ0n) is 16.3. The normalized spacial score (nSPS) is 12.6. The highest BCUT2D eigenvalue weighted by molar-refractivity contribution is 6.05. The minimum Gasteiger partial charge on any atom is -0.454 e. The lowest BCUT2D eigenvalue weighted by Gasteiger charge is -2.21. The van der Waals surface area contributed by atoms with Crippen molar-refractivity contribution < 1.29 is 19.1 Å². The number of likely N-dealkylation sites (N-methyl/N-ethyl adjacent to an activating group) is 1. The van der Waals surface area contributed by atoms with Crippen LogP contribution in [0, 0.1) is 6.92 Å². The van der Waals surface area contributed by atoms with Gasteiger partial charge in [-0.25, -0.2) is 0 Å². The lowest BCUT2D eigenvalue weighted by molar-refractivity contribution is -0.127. The van der Waals surface area contributed by atoms with Gasteiger partial charge in [0.05, 0.1) is 0 Å². The van der Waals surface area contributed by atoms with Gasteiger partial charge in [0.1, 0.15) is 5.70 Å². The summed E-state index contributed by atoms with van der Waals surface area (Å²) in [5, 5.41) is 2.78. The van der Waals surface area contributed by atoms with Crippen LogP contribution in [0.15, 0.2) is 48.2 Å². The molecular weight excluding hydrogens is 356 g/mol. The Labute approximate surface area is 164 Å². The van der Waals surface area contributed by atoms with Crippen molar-refractivity contribution in [2.24, 2.45) is 0 Å². The second-order valence-electron chi connectivity index (χ2n) is 6.47. The minimum absolute atomic E-state index is 0.178. The van der Waals surface area contributed by atoms with Gasteiger partial charge in [-0.3, -0.25) is 9.59 Å². The van der Waals surface area contributed by atoms with Gasteiger partial charge in [-0.15, -0.1) is 0 Å². The molecule has 0 aliphatic carbocycles. The molecule has 1 aliphatic rings. The molecule has 1 N–H and O–H groups in total. The fourth-order valence-corrected chi connectivity index (χ4v) is 2.90. The average Bonchev–Trinajstić information content (AvgIpc) is 3.16. The summed E-state index contributed by atoms with van der Waals surface area (Å²) in [4.78, 5) is 27.3. The van der Waals surface area contributed by atoms with Crippen LogP contribution in [0.5, 0.6) is 11.5 Å². The van der Waals surface area contributed by atoms with Crippen molar-refractivity contribution in [2.45, 2.75) is 20.8 Å². The van der Waals surface area contributed by atoms with Crippen LogP contribution in [-0.4, -0.2) is 36.6 Å². The second kappa shape index (κ2) is 8.61. The maximum absolute atomic E-state index is 13.0. The molecule has 0 spiro atoms. The third kappa shape index (κ3) is 4.34. The largest absolute Gasteiger partial charge is 0.454 e. The Balaban J connectivity index is 1.91. The highest BCUT2D eigenvalue weighted by Gasteiger charge is 2.20. The first-order chi connectivity index (χ1) is 13.5. The van der Waals surface area contributed by atoms with E-state index in [1.54, 1.807) is 35.2 Å². The van der Waals surface area contributed by atoms with Crippen LogP contribution in [0.1, 0.15) is 35.3 Å². The summed E-state index contributed by atoms with van der Waals surface area (Å²) in [6.07, 6.45) is 1.66. The van der Waals surface area contributed by atoms with Gasteiger partial charge in [0.2, 0.25) is 6.79 Å².